The van der Waals surface area contributed by atoms with Gasteiger partial charge in [-0.3, -0.25) is 0 Å². The van der Waals surface area contributed by atoms with Crippen molar-refractivity contribution < 1.29 is 9.59 Å². The third-order valence-corrected chi connectivity index (χ3v) is 6.66. The summed E-state index contributed by atoms with van der Waals surface area (Å²) in [6.07, 6.45) is 11.2. The zero-order valence-electron chi connectivity index (χ0n) is 13.9. The summed E-state index contributed by atoms with van der Waals surface area (Å²) in [5, 5.41) is 0.971. The van der Waals surface area contributed by atoms with Crippen LogP contribution in [0.2, 0.25) is 5.32 Å². The van der Waals surface area contributed by atoms with Gasteiger partial charge in [0.1, 0.15) is 0 Å². The monoisotopic (exact) mass is 374 g/mol. The van der Waals surface area contributed by atoms with Gasteiger partial charge in [-0.2, -0.15) is 0 Å². The van der Waals surface area contributed by atoms with Gasteiger partial charge in [0.2, 0.25) is 0 Å². The van der Waals surface area contributed by atoms with Crippen molar-refractivity contribution in [2.75, 3.05) is 13.1 Å². The Labute approximate surface area is 141 Å². The average Bonchev–Trinajstić information content (AvgIpc) is 2.57. The first-order valence-corrected chi connectivity index (χ1v) is 11.1. The molecule has 0 aromatic carbocycles. The molecule has 0 unspecified atom stereocenters. The number of hydrogen-bond donors (Lipinski definition) is 0. The van der Waals surface area contributed by atoms with Gasteiger partial charge in [-0.25, -0.2) is 0 Å². The minimum atomic E-state index is -0.0705. The topological polar surface area (TPSA) is 40.6 Å². The summed E-state index contributed by atoms with van der Waals surface area (Å²) in [7, 11) is 0. The molecule has 2 rings (SSSR count). The van der Waals surface area contributed by atoms with Crippen molar-refractivity contribution in [1.29, 1.82) is 0 Å². The molecule has 0 spiro atoms. The second-order valence-electron chi connectivity index (χ2n) is 6.46. The van der Waals surface area contributed by atoms with Crippen LogP contribution in [0.15, 0.2) is 0 Å². The van der Waals surface area contributed by atoms with E-state index < -0.39 is 0 Å². The molecule has 22 heavy (non-hydrogen) atoms. The summed E-state index contributed by atoms with van der Waals surface area (Å²) in [6.45, 7) is 3.81. The molecule has 2 aliphatic rings. The van der Waals surface area contributed by atoms with E-state index in [1.807, 2.05) is 4.90 Å². The number of urea groups is 1. The molecule has 3 amide bonds. The number of carbonyl (C=O) groups is 2. The fraction of sp³-hybridized carbons (Fsp3) is 0.882. The standard InChI is InChI=1S/C17H30N2O2Se/c1-2-3-14-22-17(21)19(15-10-6-4-7-11-15)16(20)18-12-8-5-9-13-18/h15H,2-14H2,1H3. The van der Waals surface area contributed by atoms with Crippen molar-refractivity contribution in [3.8, 4) is 0 Å². The molecular weight excluding hydrogens is 343 g/mol. The molecule has 4 nitrogen and oxygen atoms in total. The van der Waals surface area contributed by atoms with Crippen LogP contribution in [0.3, 0.4) is 0 Å². The van der Waals surface area contributed by atoms with Crippen molar-refractivity contribution in [2.24, 2.45) is 0 Å². The van der Waals surface area contributed by atoms with Gasteiger partial charge in [-0.05, 0) is 0 Å². The molecule has 0 aromatic rings. The van der Waals surface area contributed by atoms with Crippen molar-refractivity contribution in [3.63, 3.8) is 0 Å². The molecule has 1 saturated heterocycles. The Morgan fingerprint density at radius 1 is 1.05 bits per heavy atom. The van der Waals surface area contributed by atoms with Gasteiger partial charge in [0.25, 0.3) is 0 Å². The molecule has 1 saturated carbocycles. The van der Waals surface area contributed by atoms with Crippen LogP contribution < -0.4 is 0 Å². The van der Waals surface area contributed by atoms with E-state index in [1.165, 1.54) is 12.8 Å². The van der Waals surface area contributed by atoms with Crippen LogP contribution >= 0.6 is 0 Å². The molecule has 1 heterocycles. The van der Waals surface area contributed by atoms with E-state index in [0.717, 1.165) is 69.8 Å². The first-order chi connectivity index (χ1) is 10.7. The van der Waals surface area contributed by atoms with E-state index in [9.17, 15) is 9.59 Å². The Kier molecular flexibility index (Phi) is 7.74. The second kappa shape index (κ2) is 9.57. The van der Waals surface area contributed by atoms with Gasteiger partial charge in [0.05, 0.1) is 0 Å². The van der Waals surface area contributed by atoms with Gasteiger partial charge < -0.3 is 0 Å². The number of imide groups is 1. The minimum absolute atomic E-state index is 0.00923. The first kappa shape index (κ1) is 17.8. The quantitative estimate of drug-likeness (QED) is 0.533. The number of carbonyl (C=O) groups excluding carboxylic acids is 2. The van der Waals surface area contributed by atoms with E-state index in [-0.39, 0.29) is 31.8 Å². The number of amides is 3. The molecule has 0 aromatic heterocycles. The molecular formula is C17H30N2O2Se. The zero-order valence-corrected chi connectivity index (χ0v) is 15.6. The Morgan fingerprint density at radius 3 is 2.32 bits per heavy atom. The van der Waals surface area contributed by atoms with Crippen molar-refractivity contribution >= 4 is 25.8 Å². The Bertz CT molecular complexity index is 364. The fourth-order valence-corrected chi connectivity index (χ4v) is 5.38. The number of unbranched alkanes of at least 4 members (excludes halogenated alkanes) is 1. The van der Waals surface area contributed by atoms with Crippen molar-refractivity contribution in [2.45, 2.75) is 82.5 Å². The third kappa shape index (κ3) is 4.99. The fourth-order valence-electron chi connectivity index (χ4n) is 3.33. The summed E-state index contributed by atoms with van der Waals surface area (Å²) >= 11 is -0.0705. The predicted molar refractivity (Wildman–Crippen MR) is 90.4 cm³/mol. The summed E-state index contributed by atoms with van der Waals surface area (Å²) < 4.78 is 0. The molecule has 5 heteroatoms. The molecule has 1 aliphatic heterocycles. The molecule has 0 atom stereocenters. The van der Waals surface area contributed by atoms with E-state index >= 15 is 0 Å². The van der Waals surface area contributed by atoms with Crippen molar-refractivity contribution in [3.05, 3.63) is 0 Å². The first-order valence-electron chi connectivity index (χ1n) is 8.99. The van der Waals surface area contributed by atoms with Crippen LogP contribution in [-0.4, -0.2) is 54.7 Å². The molecule has 0 radical (unpaired) electrons. The van der Waals surface area contributed by atoms with Crippen LogP contribution in [0.25, 0.3) is 0 Å². The summed E-state index contributed by atoms with van der Waals surface area (Å²) in [4.78, 5) is 29.4. The molecule has 0 N–H and O–H groups in total. The number of nitrogens with zero attached hydrogens (tertiary/aromatic N) is 2. The third-order valence-electron chi connectivity index (χ3n) is 4.69. The van der Waals surface area contributed by atoms with E-state index in [2.05, 4.69) is 6.92 Å². The zero-order chi connectivity index (χ0) is 15.8. The predicted octanol–water partition coefficient (Wildman–Crippen LogP) is 4.27. The van der Waals surface area contributed by atoms with E-state index in [1.54, 1.807) is 4.90 Å². The molecule has 126 valence electrons. The van der Waals surface area contributed by atoms with Gasteiger partial charge in [-0.15, -0.1) is 0 Å². The maximum absolute atomic E-state index is 12.9. The van der Waals surface area contributed by atoms with Crippen LogP contribution in [0.1, 0.15) is 71.1 Å². The number of piperidine rings is 1. The SMILES string of the molecule is CCCC[Se]C(=O)N(C(=O)N1CCCCC1)C1CCCCC1. The Morgan fingerprint density at radius 2 is 1.68 bits per heavy atom. The normalized spacial score (nSPS) is 20.0. The maximum atomic E-state index is 12.9. The second-order valence-corrected chi connectivity index (χ2v) is 8.65. The van der Waals surface area contributed by atoms with Crippen LogP contribution in [0.4, 0.5) is 9.59 Å². The Hall–Kier alpha value is -0.541. The van der Waals surface area contributed by atoms with Gasteiger partial charge in [-0.1, -0.05) is 0 Å². The van der Waals surface area contributed by atoms with Crippen molar-refractivity contribution in [1.82, 2.24) is 9.80 Å². The average molecular weight is 373 g/mol. The number of likely N-dealkylation sites (tertiary alicyclic amines) is 1. The molecule has 0 bridgehead atoms. The summed E-state index contributed by atoms with van der Waals surface area (Å²) in [6, 6.07) is 0.175. The van der Waals surface area contributed by atoms with Gasteiger partial charge in [0, 0.05) is 0 Å². The number of rotatable bonds is 5. The van der Waals surface area contributed by atoms with Crippen LogP contribution in [0, 0.1) is 0 Å². The van der Waals surface area contributed by atoms with E-state index in [4.69, 9.17) is 0 Å². The van der Waals surface area contributed by atoms with Crippen LogP contribution in [-0.2, 0) is 0 Å². The van der Waals surface area contributed by atoms with Gasteiger partial charge >= 0.3 is 141 Å². The molecule has 2 fully saturated rings. The Balaban J connectivity index is 2.02. The summed E-state index contributed by atoms with van der Waals surface area (Å²) in [5.41, 5.74) is 0. The van der Waals surface area contributed by atoms with E-state index in [0.29, 0.717) is 0 Å². The van der Waals surface area contributed by atoms with Crippen LogP contribution in [0.5, 0.6) is 0 Å². The summed E-state index contributed by atoms with van der Waals surface area (Å²) in [5.74, 6) is 0. The van der Waals surface area contributed by atoms with Gasteiger partial charge in [0.15, 0.2) is 0 Å². The number of hydrogen-bond acceptors (Lipinski definition) is 2. The molecule has 1 aliphatic carbocycles.